The fourth-order valence-electron chi connectivity index (χ4n) is 1.81. The smallest absolute Gasteiger partial charge is 0.171 e. The van der Waals surface area contributed by atoms with Crippen molar-refractivity contribution in [1.82, 2.24) is 9.97 Å². The van der Waals surface area contributed by atoms with E-state index in [1.165, 1.54) is 11.8 Å². The highest BCUT2D eigenvalue weighted by molar-refractivity contribution is 7.99. The Bertz CT molecular complexity index is 691. The van der Waals surface area contributed by atoms with E-state index >= 15 is 0 Å². The van der Waals surface area contributed by atoms with Crippen LogP contribution in [-0.4, -0.2) is 17.1 Å². The zero-order valence-electron chi connectivity index (χ0n) is 10.4. The molecule has 0 fully saturated rings. The summed E-state index contributed by atoms with van der Waals surface area (Å²) in [5.41, 5.74) is 8.65. The van der Waals surface area contributed by atoms with Gasteiger partial charge in [0.05, 0.1) is 18.1 Å². The van der Waals surface area contributed by atoms with Crippen molar-refractivity contribution in [3.05, 3.63) is 42.5 Å². The second kappa shape index (κ2) is 4.85. The number of anilines is 1. The van der Waals surface area contributed by atoms with Crippen molar-refractivity contribution >= 4 is 28.5 Å². The third-order valence-electron chi connectivity index (χ3n) is 2.80. The molecule has 0 saturated carbocycles. The number of nitrogens with zero attached hydrogens (tertiary/aromatic N) is 1. The zero-order chi connectivity index (χ0) is 13.2. The Morgan fingerprint density at radius 1 is 1.21 bits per heavy atom. The van der Waals surface area contributed by atoms with Crippen LogP contribution in [0.25, 0.3) is 11.0 Å². The van der Waals surface area contributed by atoms with Crippen LogP contribution in [0.4, 0.5) is 5.69 Å². The Kier molecular flexibility index (Phi) is 3.05. The van der Waals surface area contributed by atoms with Crippen LogP contribution in [0.5, 0.6) is 5.75 Å². The minimum atomic E-state index is 0.714. The summed E-state index contributed by atoms with van der Waals surface area (Å²) in [7, 11) is 1.64. The van der Waals surface area contributed by atoms with Crippen LogP contribution in [0, 0.1) is 0 Å². The van der Waals surface area contributed by atoms with Crippen molar-refractivity contribution in [3.8, 4) is 5.75 Å². The number of fused-ring (bicyclic) bond motifs is 1. The Morgan fingerprint density at radius 3 is 2.84 bits per heavy atom. The highest BCUT2D eigenvalue weighted by Crippen LogP contribution is 2.33. The average Bonchev–Trinajstić information content (AvgIpc) is 2.83. The van der Waals surface area contributed by atoms with E-state index in [0.717, 1.165) is 26.8 Å². The molecule has 3 aromatic rings. The minimum Gasteiger partial charge on any atom is -0.497 e. The van der Waals surface area contributed by atoms with Gasteiger partial charge in [0.15, 0.2) is 5.16 Å². The van der Waals surface area contributed by atoms with Crippen molar-refractivity contribution in [3.63, 3.8) is 0 Å². The van der Waals surface area contributed by atoms with Gasteiger partial charge in [0.1, 0.15) is 5.75 Å². The van der Waals surface area contributed by atoms with Crippen LogP contribution < -0.4 is 10.5 Å². The first-order valence-corrected chi connectivity index (χ1v) is 6.64. The molecule has 96 valence electrons. The normalized spacial score (nSPS) is 10.8. The molecular formula is C14H13N3OS. The van der Waals surface area contributed by atoms with Crippen molar-refractivity contribution in [2.75, 3.05) is 12.8 Å². The van der Waals surface area contributed by atoms with Crippen LogP contribution in [0.3, 0.4) is 0 Å². The molecule has 0 radical (unpaired) electrons. The van der Waals surface area contributed by atoms with Gasteiger partial charge in [-0.05, 0) is 42.1 Å². The van der Waals surface area contributed by atoms with Gasteiger partial charge in [-0.1, -0.05) is 12.1 Å². The number of benzene rings is 2. The molecule has 4 nitrogen and oxygen atoms in total. The number of H-pyrrole nitrogens is 1. The third kappa shape index (κ3) is 2.37. The van der Waals surface area contributed by atoms with E-state index in [1.807, 2.05) is 42.5 Å². The third-order valence-corrected chi connectivity index (χ3v) is 3.76. The van der Waals surface area contributed by atoms with Gasteiger partial charge in [0, 0.05) is 10.6 Å². The van der Waals surface area contributed by atoms with E-state index in [2.05, 4.69) is 9.97 Å². The average molecular weight is 271 g/mol. The van der Waals surface area contributed by atoms with Crippen LogP contribution in [0.2, 0.25) is 0 Å². The highest BCUT2D eigenvalue weighted by atomic mass is 32.2. The molecular weight excluding hydrogens is 258 g/mol. The lowest BCUT2D eigenvalue weighted by Crippen LogP contribution is -1.90. The molecule has 0 aliphatic rings. The number of methoxy groups -OCH3 is 1. The van der Waals surface area contributed by atoms with Gasteiger partial charge in [-0.15, -0.1) is 0 Å². The first kappa shape index (κ1) is 11.9. The van der Waals surface area contributed by atoms with Crippen molar-refractivity contribution < 1.29 is 4.74 Å². The number of nitrogens with two attached hydrogens (primary N) is 1. The fraction of sp³-hybridized carbons (Fsp3) is 0.0714. The first-order valence-electron chi connectivity index (χ1n) is 5.82. The number of imidazole rings is 1. The van der Waals surface area contributed by atoms with Crippen molar-refractivity contribution in [2.24, 2.45) is 0 Å². The summed E-state index contributed by atoms with van der Waals surface area (Å²) in [4.78, 5) is 8.71. The standard InChI is InChI=1S/C14H13N3OS/c1-18-9-6-7-10(15)13(8-9)19-14-16-11-4-2-3-5-12(11)17-14/h2-8H,15H2,1H3,(H,16,17). The molecule has 0 atom stereocenters. The number of hydrogen-bond donors (Lipinski definition) is 2. The number of rotatable bonds is 3. The number of aromatic amines is 1. The SMILES string of the molecule is COc1ccc(N)c(Sc2nc3ccccc3[nH]2)c1. The molecule has 0 amide bonds. The Labute approximate surface area is 115 Å². The molecule has 3 N–H and O–H groups in total. The highest BCUT2D eigenvalue weighted by Gasteiger charge is 2.08. The van der Waals surface area contributed by atoms with Gasteiger partial charge < -0.3 is 15.5 Å². The zero-order valence-corrected chi connectivity index (χ0v) is 11.2. The molecule has 19 heavy (non-hydrogen) atoms. The summed E-state index contributed by atoms with van der Waals surface area (Å²) in [5, 5.41) is 0.821. The van der Waals surface area contributed by atoms with Crippen molar-refractivity contribution in [1.29, 1.82) is 0 Å². The molecule has 1 heterocycles. The van der Waals surface area contributed by atoms with E-state index in [9.17, 15) is 0 Å². The van der Waals surface area contributed by atoms with Gasteiger partial charge in [0.2, 0.25) is 0 Å². The predicted octanol–water partition coefficient (Wildman–Crippen LogP) is 3.30. The number of ether oxygens (including phenoxy) is 1. The van der Waals surface area contributed by atoms with E-state index in [-0.39, 0.29) is 0 Å². The summed E-state index contributed by atoms with van der Waals surface area (Å²) in [5.74, 6) is 0.785. The van der Waals surface area contributed by atoms with Gasteiger partial charge in [0.25, 0.3) is 0 Å². The number of aromatic nitrogens is 2. The second-order valence-corrected chi connectivity index (χ2v) is 5.10. The van der Waals surface area contributed by atoms with E-state index < -0.39 is 0 Å². The number of para-hydroxylation sites is 2. The van der Waals surface area contributed by atoms with Crippen LogP contribution in [0.1, 0.15) is 0 Å². The Hall–Kier alpha value is -2.14. The summed E-state index contributed by atoms with van der Waals surface area (Å²) < 4.78 is 5.21. The molecule has 0 unspecified atom stereocenters. The van der Waals surface area contributed by atoms with E-state index in [0.29, 0.717) is 5.69 Å². The molecule has 2 aromatic carbocycles. The minimum absolute atomic E-state index is 0.714. The fourth-order valence-corrected chi connectivity index (χ4v) is 2.69. The summed E-state index contributed by atoms with van der Waals surface area (Å²) in [6.45, 7) is 0. The lowest BCUT2D eigenvalue weighted by Gasteiger charge is -2.05. The van der Waals surface area contributed by atoms with E-state index in [4.69, 9.17) is 10.5 Å². The maximum Gasteiger partial charge on any atom is 0.171 e. The Balaban J connectivity index is 1.96. The van der Waals surface area contributed by atoms with Crippen LogP contribution in [0.15, 0.2) is 52.5 Å². The van der Waals surface area contributed by atoms with Gasteiger partial charge in [-0.2, -0.15) is 0 Å². The van der Waals surface area contributed by atoms with Crippen molar-refractivity contribution in [2.45, 2.75) is 10.1 Å². The second-order valence-electron chi connectivity index (χ2n) is 4.06. The number of nitrogens with one attached hydrogen (secondary N) is 1. The molecule has 1 aromatic heterocycles. The molecule has 0 aliphatic heterocycles. The van der Waals surface area contributed by atoms with Gasteiger partial charge in [-0.25, -0.2) is 4.98 Å². The summed E-state index contributed by atoms with van der Waals surface area (Å²) in [6, 6.07) is 13.5. The molecule has 5 heteroatoms. The van der Waals surface area contributed by atoms with Crippen LogP contribution in [-0.2, 0) is 0 Å². The lowest BCUT2D eigenvalue weighted by atomic mass is 10.3. The predicted molar refractivity (Wildman–Crippen MR) is 77.6 cm³/mol. The van der Waals surface area contributed by atoms with Gasteiger partial charge in [-0.3, -0.25) is 0 Å². The monoisotopic (exact) mass is 271 g/mol. The molecule has 3 rings (SSSR count). The topological polar surface area (TPSA) is 63.9 Å². The summed E-state index contributed by atoms with van der Waals surface area (Å²) in [6.07, 6.45) is 0. The molecule has 0 aliphatic carbocycles. The quantitative estimate of drug-likeness (QED) is 0.717. The molecule has 0 spiro atoms. The lowest BCUT2D eigenvalue weighted by molar-refractivity contribution is 0.414. The Morgan fingerprint density at radius 2 is 2.05 bits per heavy atom. The first-order chi connectivity index (χ1) is 9.26. The molecule has 0 bridgehead atoms. The number of nitrogen functional groups attached to an aromatic ring is 1. The van der Waals surface area contributed by atoms with Crippen LogP contribution >= 0.6 is 11.8 Å². The number of hydrogen-bond acceptors (Lipinski definition) is 4. The largest absolute Gasteiger partial charge is 0.497 e. The maximum atomic E-state index is 5.97. The van der Waals surface area contributed by atoms with Gasteiger partial charge >= 0.3 is 0 Å². The summed E-state index contributed by atoms with van der Waals surface area (Å²) >= 11 is 1.50. The molecule has 0 saturated heterocycles. The maximum absolute atomic E-state index is 5.97. The van der Waals surface area contributed by atoms with E-state index in [1.54, 1.807) is 7.11 Å².